The van der Waals surface area contributed by atoms with E-state index in [0.29, 0.717) is 22.8 Å². The fourth-order valence-electron chi connectivity index (χ4n) is 3.55. The summed E-state index contributed by atoms with van der Waals surface area (Å²) in [4.78, 5) is 24.1. The van der Waals surface area contributed by atoms with Gasteiger partial charge in [-0.05, 0) is 30.3 Å². The molecule has 148 valence electrons. The number of benzene rings is 3. The van der Waals surface area contributed by atoms with Crippen molar-refractivity contribution in [3.8, 4) is 17.2 Å². The molecule has 0 unspecified atom stereocenters. The second kappa shape index (κ2) is 7.40. The van der Waals surface area contributed by atoms with Gasteiger partial charge in [-0.1, -0.05) is 36.4 Å². The van der Waals surface area contributed by atoms with Crippen molar-refractivity contribution in [3.05, 3.63) is 100 Å². The van der Waals surface area contributed by atoms with Crippen molar-refractivity contribution < 1.29 is 18.7 Å². The summed E-state index contributed by atoms with van der Waals surface area (Å²) >= 11 is 0. The third kappa shape index (κ3) is 3.39. The lowest BCUT2D eigenvalue weighted by molar-refractivity contribution is -0.123. The first-order valence-electron chi connectivity index (χ1n) is 9.49. The molecule has 0 fully saturated rings. The normalized spacial score (nSPS) is 12.5. The Labute approximate surface area is 171 Å². The second-order valence-corrected chi connectivity index (χ2v) is 6.92. The summed E-state index contributed by atoms with van der Waals surface area (Å²) in [7, 11) is 0. The zero-order valence-electron chi connectivity index (χ0n) is 15.8. The Balaban J connectivity index is 1.34. The maximum absolute atomic E-state index is 12.7. The Morgan fingerprint density at radius 2 is 1.57 bits per heavy atom. The van der Waals surface area contributed by atoms with E-state index in [1.54, 1.807) is 24.3 Å². The van der Waals surface area contributed by atoms with Crippen molar-refractivity contribution in [3.63, 3.8) is 0 Å². The average molecular weight is 399 g/mol. The summed E-state index contributed by atoms with van der Waals surface area (Å²) in [5.74, 6) is 1.60. The minimum Gasteiger partial charge on any atom is -0.484 e. The van der Waals surface area contributed by atoms with Gasteiger partial charge in [-0.2, -0.15) is 0 Å². The van der Waals surface area contributed by atoms with Crippen molar-refractivity contribution in [2.45, 2.75) is 6.04 Å². The van der Waals surface area contributed by atoms with Gasteiger partial charge >= 0.3 is 5.63 Å². The zero-order chi connectivity index (χ0) is 20.5. The number of hydrogen-bond donors (Lipinski definition) is 1. The minimum absolute atomic E-state index is 0.176. The van der Waals surface area contributed by atoms with Crippen LogP contribution in [0, 0.1) is 0 Å². The standard InChI is InChI=1S/C24H17NO5/c26-22(14-28-16-11-9-15-10-12-23(27)30-21(15)13-16)25-24-17-5-1-3-7-19(17)29-20-8-4-2-6-18(20)24/h1-13,24H,14H2,(H,25,26). The lowest BCUT2D eigenvalue weighted by atomic mass is 9.94. The topological polar surface area (TPSA) is 77.8 Å². The smallest absolute Gasteiger partial charge is 0.336 e. The highest BCUT2D eigenvalue weighted by molar-refractivity contribution is 5.80. The van der Waals surface area contributed by atoms with Crippen LogP contribution in [-0.2, 0) is 4.79 Å². The predicted octanol–water partition coefficient (Wildman–Crippen LogP) is 4.18. The van der Waals surface area contributed by atoms with Crippen LogP contribution in [0.25, 0.3) is 11.0 Å². The molecule has 0 saturated heterocycles. The van der Waals surface area contributed by atoms with Crippen LogP contribution < -0.4 is 20.4 Å². The van der Waals surface area contributed by atoms with Crippen molar-refractivity contribution in [1.29, 1.82) is 0 Å². The number of nitrogens with one attached hydrogen (secondary N) is 1. The molecular formula is C24H17NO5. The molecule has 2 heterocycles. The number of carbonyl (C=O) groups is 1. The number of carbonyl (C=O) groups excluding carboxylic acids is 1. The molecule has 30 heavy (non-hydrogen) atoms. The number of rotatable bonds is 4. The van der Waals surface area contributed by atoms with Gasteiger partial charge in [0.15, 0.2) is 6.61 Å². The summed E-state index contributed by atoms with van der Waals surface area (Å²) in [6.45, 7) is -0.176. The van der Waals surface area contributed by atoms with Crippen LogP contribution in [-0.4, -0.2) is 12.5 Å². The number of amides is 1. The van der Waals surface area contributed by atoms with Crippen LogP contribution in [0.5, 0.6) is 17.2 Å². The highest BCUT2D eigenvalue weighted by Gasteiger charge is 2.28. The summed E-state index contributed by atoms with van der Waals surface area (Å²) in [6.07, 6.45) is 0. The van der Waals surface area contributed by atoms with Crippen LogP contribution in [0.2, 0.25) is 0 Å². The van der Waals surface area contributed by atoms with Gasteiger partial charge in [-0.3, -0.25) is 4.79 Å². The molecule has 1 amide bonds. The first-order chi connectivity index (χ1) is 14.7. The summed E-state index contributed by atoms with van der Waals surface area (Å²) in [6, 6.07) is 23.0. The van der Waals surface area contributed by atoms with Crippen molar-refractivity contribution in [1.82, 2.24) is 5.32 Å². The van der Waals surface area contributed by atoms with E-state index in [-0.39, 0.29) is 18.6 Å². The molecule has 1 aliphatic rings. The first kappa shape index (κ1) is 18.0. The molecule has 0 saturated carbocycles. The van der Waals surface area contributed by atoms with Crippen LogP contribution in [0.15, 0.2) is 88.1 Å². The van der Waals surface area contributed by atoms with E-state index in [1.807, 2.05) is 48.5 Å². The van der Waals surface area contributed by atoms with Crippen LogP contribution >= 0.6 is 0 Å². The van der Waals surface area contributed by atoms with Gasteiger partial charge in [-0.25, -0.2) is 4.79 Å². The molecule has 6 nitrogen and oxygen atoms in total. The molecule has 5 rings (SSSR count). The van der Waals surface area contributed by atoms with Gasteiger partial charge < -0.3 is 19.2 Å². The Bertz CT molecular complexity index is 1260. The lowest BCUT2D eigenvalue weighted by Crippen LogP contribution is -2.34. The van der Waals surface area contributed by atoms with Gasteiger partial charge in [0.05, 0.1) is 6.04 Å². The zero-order valence-corrected chi connectivity index (χ0v) is 15.8. The Hall–Kier alpha value is -4.06. The largest absolute Gasteiger partial charge is 0.484 e. The average Bonchev–Trinajstić information content (AvgIpc) is 2.77. The van der Waals surface area contributed by atoms with Gasteiger partial charge in [0.25, 0.3) is 5.91 Å². The first-order valence-corrected chi connectivity index (χ1v) is 9.49. The SMILES string of the molecule is O=C(COc1ccc2ccc(=O)oc2c1)NC1c2ccccc2Oc2ccccc21. The number of para-hydroxylation sites is 2. The highest BCUT2D eigenvalue weighted by Crippen LogP contribution is 2.42. The van der Waals surface area contributed by atoms with Crippen LogP contribution in [0.4, 0.5) is 0 Å². The van der Waals surface area contributed by atoms with E-state index < -0.39 is 5.63 Å². The van der Waals surface area contributed by atoms with Crippen LogP contribution in [0.1, 0.15) is 17.2 Å². The van der Waals surface area contributed by atoms with E-state index >= 15 is 0 Å². The van der Waals surface area contributed by atoms with E-state index in [1.165, 1.54) is 6.07 Å². The highest BCUT2D eigenvalue weighted by atomic mass is 16.5. The van der Waals surface area contributed by atoms with E-state index in [9.17, 15) is 9.59 Å². The van der Waals surface area contributed by atoms with Crippen LogP contribution in [0.3, 0.4) is 0 Å². The number of hydrogen-bond acceptors (Lipinski definition) is 5. The molecule has 3 aromatic carbocycles. The molecule has 0 aliphatic carbocycles. The third-order valence-electron chi connectivity index (χ3n) is 4.95. The molecule has 1 N–H and O–H groups in total. The predicted molar refractivity (Wildman–Crippen MR) is 111 cm³/mol. The second-order valence-electron chi connectivity index (χ2n) is 6.92. The van der Waals surface area contributed by atoms with Gasteiger partial charge in [0, 0.05) is 28.6 Å². The molecular weight excluding hydrogens is 382 g/mol. The molecule has 0 bridgehead atoms. The third-order valence-corrected chi connectivity index (χ3v) is 4.95. The Morgan fingerprint density at radius 3 is 2.30 bits per heavy atom. The summed E-state index contributed by atoms with van der Waals surface area (Å²) in [5.41, 5.74) is 1.75. The quantitative estimate of drug-likeness (QED) is 0.521. The summed E-state index contributed by atoms with van der Waals surface area (Å²) < 4.78 is 16.7. The van der Waals surface area contributed by atoms with Gasteiger partial charge in [-0.15, -0.1) is 0 Å². The molecule has 1 aliphatic heterocycles. The molecule has 6 heteroatoms. The van der Waals surface area contributed by atoms with Crippen molar-refractivity contribution >= 4 is 16.9 Å². The maximum Gasteiger partial charge on any atom is 0.336 e. The molecule has 0 radical (unpaired) electrons. The van der Waals surface area contributed by atoms with E-state index in [0.717, 1.165) is 16.5 Å². The minimum atomic E-state index is -0.436. The fourth-order valence-corrected chi connectivity index (χ4v) is 3.55. The monoisotopic (exact) mass is 399 g/mol. The van der Waals surface area contributed by atoms with Crippen molar-refractivity contribution in [2.24, 2.45) is 0 Å². The maximum atomic E-state index is 12.7. The van der Waals surface area contributed by atoms with E-state index in [2.05, 4.69) is 5.32 Å². The van der Waals surface area contributed by atoms with Crippen molar-refractivity contribution in [2.75, 3.05) is 6.61 Å². The molecule has 4 aromatic rings. The lowest BCUT2D eigenvalue weighted by Gasteiger charge is -2.28. The number of fused-ring (bicyclic) bond motifs is 3. The molecule has 0 spiro atoms. The van der Waals surface area contributed by atoms with E-state index in [4.69, 9.17) is 13.9 Å². The number of ether oxygens (including phenoxy) is 2. The Morgan fingerprint density at radius 1 is 0.900 bits per heavy atom. The summed E-state index contributed by atoms with van der Waals surface area (Å²) in [5, 5.41) is 3.81. The Kier molecular flexibility index (Phi) is 4.44. The molecule has 0 atom stereocenters. The van der Waals surface area contributed by atoms with Gasteiger partial charge in [0.2, 0.25) is 0 Å². The fraction of sp³-hybridized carbons (Fsp3) is 0.0833. The molecule has 1 aromatic heterocycles. The van der Waals surface area contributed by atoms with Gasteiger partial charge in [0.1, 0.15) is 22.8 Å².